The molecular weight excluding hydrogens is 328 g/mol. The lowest BCUT2D eigenvalue weighted by molar-refractivity contribution is 0.146. The Kier molecular flexibility index (Phi) is 8.45. The number of hydrogen-bond acceptors (Lipinski definition) is 4. The van der Waals surface area contributed by atoms with Crippen LogP contribution in [0.25, 0.3) is 0 Å². The van der Waals surface area contributed by atoms with Gasteiger partial charge in [-0.25, -0.2) is 0 Å². The van der Waals surface area contributed by atoms with Gasteiger partial charge < -0.3 is 19.7 Å². The van der Waals surface area contributed by atoms with Crippen molar-refractivity contribution < 1.29 is 19.7 Å². The third kappa shape index (κ3) is 6.36. The monoisotopic (exact) mass is 358 g/mol. The van der Waals surface area contributed by atoms with Crippen molar-refractivity contribution in [3.63, 3.8) is 0 Å². The van der Waals surface area contributed by atoms with Crippen LogP contribution in [0, 0.1) is 0 Å². The molecule has 4 heteroatoms. The molecule has 2 atom stereocenters. The second kappa shape index (κ2) is 10.8. The summed E-state index contributed by atoms with van der Waals surface area (Å²) < 4.78 is 10.8. The topological polar surface area (TPSA) is 58.9 Å². The highest BCUT2D eigenvalue weighted by molar-refractivity contribution is 5.29. The molecule has 0 amide bonds. The fraction of sp³-hybridized carbons (Fsp3) is 0.455. The van der Waals surface area contributed by atoms with Crippen molar-refractivity contribution in [1.29, 1.82) is 0 Å². The lowest BCUT2D eigenvalue weighted by Gasteiger charge is -2.14. The van der Waals surface area contributed by atoms with E-state index in [1.54, 1.807) is 0 Å². The van der Waals surface area contributed by atoms with Crippen molar-refractivity contribution in [1.82, 2.24) is 0 Å². The minimum Gasteiger partial charge on any atom is -0.494 e. The summed E-state index contributed by atoms with van der Waals surface area (Å²) in [6.07, 6.45) is 2.14. The van der Waals surface area contributed by atoms with Crippen LogP contribution in [0.3, 0.4) is 0 Å². The van der Waals surface area contributed by atoms with E-state index in [2.05, 4.69) is 0 Å². The molecule has 2 rings (SSSR count). The van der Waals surface area contributed by atoms with Gasteiger partial charge in [0.2, 0.25) is 0 Å². The van der Waals surface area contributed by atoms with Crippen molar-refractivity contribution in [3.05, 3.63) is 59.7 Å². The molecule has 0 aliphatic heterocycles. The molecule has 0 saturated heterocycles. The van der Waals surface area contributed by atoms with Crippen LogP contribution >= 0.6 is 0 Å². The van der Waals surface area contributed by atoms with E-state index in [1.807, 2.05) is 62.4 Å². The summed E-state index contributed by atoms with van der Waals surface area (Å²) in [5.74, 6) is 1.64. The summed E-state index contributed by atoms with van der Waals surface area (Å²) in [5, 5.41) is 20.6. The van der Waals surface area contributed by atoms with Crippen molar-refractivity contribution in [2.24, 2.45) is 0 Å². The van der Waals surface area contributed by atoms with Crippen LogP contribution in [-0.2, 0) is 0 Å². The van der Waals surface area contributed by atoms with Crippen LogP contribution in [0.2, 0.25) is 0 Å². The maximum absolute atomic E-state index is 10.3. The highest BCUT2D eigenvalue weighted by Gasteiger charge is 2.10. The van der Waals surface area contributed by atoms with Gasteiger partial charge in [0.15, 0.2) is 0 Å². The van der Waals surface area contributed by atoms with Crippen molar-refractivity contribution in [2.45, 2.75) is 51.7 Å². The smallest absolute Gasteiger partial charge is 0.119 e. The van der Waals surface area contributed by atoms with E-state index >= 15 is 0 Å². The third-order valence-corrected chi connectivity index (χ3v) is 4.36. The number of hydrogen-bond donors (Lipinski definition) is 2. The van der Waals surface area contributed by atoms with Gasteiger partial charge in [-0.05, 0) is 62.1 Å². The molecule has 0 aromatic heterocycles. The molecule has 0 radical (unpaired) electrons. The molecule has 2 aromatic carbocycles. The highest BCUT2D eigenvalue weighted by atomic mass is 16.5. The second-order valence-electron chi connectivity index (χ2n) is 6.32. The Morgan fingerprint density at radius 3 is 1.31 bits per heavy atom. The van der Waals surface area contributed by atoms with Crippen LogP contribution in [-0.4, -0.2) is 23.4 Å². The molecule has 0 unspecified atom stereocenters. The molecule has 2 aromatic rings. The Balaban J connectivity index is 1.71. The first-order valence-electron chi connectivity index (χ1n) is 9.45. The normalized spacial score (nSPS) is 13.2. The molecule has 2 N–H and O–H groups in total. The number of aliphatic hydroxyl groups is 2. The van der Waals surface area contributed by atoms with Gasteiger partial charge in [-0.2, -0.15) is 0 Å². The highest BCUT2D eigenvalue weighted by Crippen LogP contribution is 2.25. The van der Waals surface area contributed by atoms with Crippen LogP contribution in [0.1, 0.15) is 62.9 Å². The number of aliphatic hydroxyl groups excluding tert-OH is 2. The first-order chi connectivity index (χ1) is 12.6. The maximum atomic E-state index is 10.3. The largest absolute Gasteiger partial charge is 0.494 e. The van der Waals surface area contributed by atoms with Gasteiger partial charge in [-0.1, -0.05) is 37.1 Å². The minimum absolute atomic E-state index is 0.478. The van der Waals surface area contributed by atoms with E-state index in [1.165, 1.54) is 0 Å². The predicted molar refractivity (Wildman–Crippen MR) is 104 cm³/mol. The SMILES string of the molecule is CCOc1ccc([C@H](O)CCCC[C@@H](O)c2ccc(OCC)cc2)cc1. The molecule has 0 aliphatic rings. The van der Waals surface area contributed by atoms with Crippen molar-refractivity contribution in [2.75, 3.05) is 13.2 Å². The van der Waals surface area contributed by atoms with Gasteiger partial charge >= 0.3 is 0 Å². The average Bonchev–Trinajstić information content (AvgIpc) is 2.66. The number of unbranched alkanes of at least 4 members (excludes halogenated alkanes) is 1. The van der Waals surface area contributed by atoms with Gasteiger partial charge in [0, 0.05) is 0 Å². The Bertz CT molecular complexity index is 564. The lowest BCUT2D eigenvalue weighted by atomic mass is 9.99. The summed E-state index contributed by atoms with van der Waals surface area (Å²) >= 11 is 0. The van der Waals surface area contributed by atoms with Gasteiger partial charge in [0.25, 0.3) is 0 Å². The molecular formula is C22H30O4. The fourth-order valence-corrected chi connectivity index (χ4v) is 2.91. The average molecular weight is 358 g/mol. The Morgan fingerprint density at radius 1 is 0.654 bits per heavy atom. The van der Waals surface area contributed by atoms with E-state index in [4.69, 9.17) is 9.47 Å². The summed E-state index contributed by atoms with van der Waals surface area (Å²) in [7, 11) is 0. The fourth-order valence-electron chi connectivity index (χ4n) is 2.91. The zero-order valence-electron chi connectivity index (χ0n) is 15.7. The van der Waals surface area contributed by atoms with Crippen LogP contribution < -0.4 is 9.47 Å². The molecule has 0 bridgehead atoms. The molecule has 0 aliphatic carbocycles. The first kappa shape index (κ1) is 20.3. The predicted octanol–water partition coefficient (Wildman–Crippen LogP) is 4.81. The van der Waals surface area contributed by atoms with Gasteiger partial charge in [-0.15, -0.1) is 0 Å². The van der Waals surface area contributed by atoms with E-state index in [9.17, 15) is 10.2 Å². The Labute approximate surface area is 156 Å². The van der Waals surface area contributed by atoms with Gasteiger partial charge in [0.1, 0.15) is 11.5 Å². The number of benzene rings is 2. The van der Waals surface area contributed by atoms with Crippen LogP contribution in [0.15, 0.2) is 48.5 Å². The molecule has 4 nitrogen and oxygen atoms in total. The Morgan fingerprint density at radius 2 is 1.00 bits per heavy atom. The quantitative estimate of drug-likeness (QED) is 0.566. The number of rotatable bonds is 11. The zero-order chi connectivity index (χ0) is 18.8. The molecule has 26 heavy (non-hydrogen) atoms. The summed E-state index contributed by atoms with van der Waals surface area (Å²) in [4.78, 5) is 0. The van der Waals surface area contributed by atoms with E-state index in [-0.39, 0.29) is 0 Å². The van der Waals surface area contributed by atoms with Gasteiger partial charge in [-0.3, -0.25) is 0 Å². The molecule has 142 valence electrons. The Hall–Kier alpha value is -2.04. The van der Waals surface area contributed by atoms with E-state index in [0.29, 0.717) is 26.1 Å². The minimum atomic E-state index is -0.478. The van der Waals surface area contributed by atoms with Crippen LogP contribution in [0.4, 0.5) is 0 Å². The third-order valence-electron chi connectivity index (χ3n) is 4.36. The standard InChI is InChI=1S/C22H30O4/c1-3-25-19-13-9-17(10-14-19)21(23)7-5-6-8-22(24)18-11-15-20(16-12-18)26-4-2/h9-16,21-24H,3-8H2,1-2H3/t21-,22-/m1/s1. The van der Waals surface area contributed by atoms with E-state index in [0.717, 1.165) is 35.5 Å². The molecule has 0 fully saturated rings. The van der Waals surface area contributed by atoms with Crippen LogP contribution in [0.5, 0.6) is 11.5 Å². The van der Waals surface area contributed by atoms with Crippen molar-refractivity contribution in [3.8, 4) is 11.5 Å². The van der Waals surface area contributed by atoms with Gasteiger partial charge in [0.05, 0.1) is 25.4 Å². The zero-order valence-corrected chi connectivity index (χ0v) is 15.7. The number of ether oxygens (including phenoxy) is 2. The lowest BCUT2D eigenvalue weighted by Crippen LogP contribution is -2.01. The second-order valence-corrected chi connectivity index (χ2v) is 6.32. The molecule has 0 spiro atoms. The maximum Gasteiger partial charge on any atom is 0.119 e. The van der Waals surface area contributed by atoms with E-state index < -0.39 is 12.2 Å². The van der Waals surface area contributed by atoms with Crippen molar-refractivity contribution >= 4 is 0 Å². The molecule has 0 saturated carbocycles. The summed E-state index contributed by atoms with van der Waals surface area (Å²) in [6, 6.07) is 15.2. The summed E-state index contributed by atoms with van der Waals surface area (Å²) in [5.41, 5.74) is 1.81. The first-order valence-corrected chi connectivity index (χ1v) is 9.45. The summed E-state index contributed by atoms with van der Waals surface area (Å²) in [6.45, 7) is 5.17. The molecule has 0 heterocycles.